The van der Waals surface area contributed by atoms with Gasteiger partial charge in [0.05, 0.1) is 20.9 Å². The fraction of sp³-hybridized carbons (Fsp3) is 0.294. The SMILES string of the molecule is C.C.FCC(F)(F)OF.FCC(F)(F)OF.FCC(F)(F)c1ccc(Sc2ccc(F)cc2)cc1F.O=S(=O)([O-])F.O=S(=O)([O-])F.O=S(=O)(c1ccc(F)cc1)c1ccc(C(F)(F)CF)c(F)c1.[K+].[K+]. The summed E-state index contributed by atoms with van der Waals surface area (Å²) >= 11 is 1.09. The first-order valence-electron chi connectivity index (χ1n) is 15.5. The summed E-state index contributed by atoms with van der Waals surface area (Å²) in [4.78, 5) is 3.85. The van der Waals surface area contributed by atoms with Gasteiger partial charge in [0.1, 0.15) is 23.3 Å². The minimum absolute atomic E-state index is 0. The summed E-state index contributed by atoms with van der Waals surface area (Å²) in [5, 5.41) is 0. The molecule has 0 saturated carbocycles. The molecule has 10 nitrogen and oxygen atoms in total. The maximum Gasteiger partial charge on any atom is 1.00 e. The number of rotatable bonds is 12. The fourth-order valence-electron chi connectivity index (χ4n) is 3.39. The van der Waals surface area contributed by atoms with E-state index >= 15 is 0 Å². The molecule has 0 aromatic heterocycles. The predicted molar refractivity (Wildman–Crippen MR) is 196 cm³/mol. The molecule has 0 N–H and O–H groups in total. The summed E-state index contributed by atoms with van der Waals surface area (Å²) in [5.41, 5.74) is -2.20. The first kappa shape index (κ1) is 80.2. The molecule has 0 atom stereocenters. The Morgan fingerprint density at radius 2 is 0.757 bits per heavy atom. The van der Waals surface area contributed by atoms with Crippen molar-refractivity contribution in [2.24, 2.45) is 0 Å². The standard InChI is InChI=1S/C14H9F5O2S.C14H9F5S.2C2H2F4O.2CH4.2FHO3S.2K/c15-8-14(18,19)12-6-5-11(7-13(12)17)22(20,21)10-3-1-9(16)2-4-10;15-8-14(18,19)12-6-5-11(7-13(12)17)20-10-3-1-9(16)2-4-10;2*3-1-2(4,5)7-6;;;2*1-5(2,3)4;;/h1-7H,8H2;1-7H,8H2;2*1H2;2*1H4;2*(H,2,3,4);;/q;;;;;;;;2*+1/p-2. The quantitative estimate of drug-likeness (QED) is 0.0533. The third-order valence-electron chi connectivity index (χ3n) is 6.03. The zero-order chi connectivity index (χ0) is 52.1. The molecule has 4 aromatic carbocycles. The van der Waals surface area contributed by atoms with Crippen molar-refractivity contribution in [1.82, 2.24) is 0 Å². The molecule has 0 bridgehead atoms. The molecule has 0 amide bonds. The van der Waals surface area contributed by atoms with Gasteiger partial charge in [0, 0.05) is 9.79 Å². The Hall–Kier alpha value is -1.21. The average Bonchev–Trinajstić information content (AvgIpc) is 3.21. The van der Waals surface area contributed by atoms with Gasteiger partial charge in [-0.1, -0.05) is 26.6 Å². The number of halogens is 20. The Balaban J connectivity index is -0.000000194. The second-order valence-electron chi connectivity index (χ2n) is 11.0. The summed E-state index contributed by atoms with van der Waals surface area (Å²) in [6.45, 7) is -8.32. The normalized spacial score (nSPS) is 11.3. The Labute approximate surface area is 475 Å². The van der Waals surface area contributed by atoms with Crippen LogP contribution in [0, 0.1) is 23.3 Å². The van der Waals surface area contributed by atoms with Crippen molar-refractivity contribution in [1.29, 1.82) is 0 Å². The zero-order valence-corrected chi connectivity index (χ0v) is 42.7. The monoisotopic (exact) mass is 1180 g/mol. The molecule has 0 fully saturated rings. The van der Waals surface area contributed by atoms with Gasteiger partial charge in [-0.3, -0.25) is 0 Å². The van der Waals surface area contributed by atoms with E-state index in [9.17, 15) is 95.5 Å². The molecule has 392 valence electrons. The number of alkyl halides is 12. The topological polar surface area (TPSA) is 167 Å². The molecule has 0 spiro atoms. The van der Waals surface area contributed by atoms with Gasteiger partial charge in [-0.05, 0) is 94.0 Å². The smallest absolute Gasteiger partial charge is 0.722 e. The van der Waals surface area contributed by atoms with Crippen LogP contribution < -0.4 is 103 Å². The summed E-state index contributed by atoms with van der Waals surface area (Å²) < 4.78 is 310. The van der Waals surface area contributed by atoms with Crippen molar-refractivity contribution < 1.29 is 234 Å². The van der Waals surface area contributed by atoms with E-state index in [1.165, 1.54) is 30.3 Å². The van der Waals surface area contributed by atoms with E-state index in [2.05, 4.69) is 0 Å². The van der Waals surface area contributed by atoms with Crippen LogP contribution in [0.4, 0.5) is 87.1 Å². The van der Waals surface area contributed by atoms with Gasteiger partial charge in [0.2, 0.25) is 9.84 Å². The molecule has 0 aliphatic rings. The Morgan fingerprint density at radius 3 is 1.03 bits per heavy atom. The molecule has 4 rings (SSSR count). The Kier molecular flexibility index (Phi) is 41.1. The zero-order valence-electron chi connectivity index (χ0n) is 33.2. The van der Waals surface area contributed by atoms with Gasteiger partial charge in [-0.2, -0.15) is 35.1 Å². The van der Waals surface area contributed by atoms with Crippen LogP contribution in [-0.2, 0) is 52.6 Å². The third kappa shape index (κ3) is 35.1. The van der Waals surface area contributed by atoms with Crippen molar-refractivity contribution >= 4 is 42.6 Å². The Morgan fingerprint density at radius 1 is 0.471 bits per heavy atom. The van der Waals surface area contributed by atoms with Crippen molar-refractivity contribution in [2.75, 3.05) is 26.7 Å². The van der Waals surface area contributed by atoms with Gasteiger partial charge in [0.15, 0.2) is 26.7 Å². The first-order chi connectivity index (χ1) is 29.8. The van der Waals surface area contributed by atoms with Gasteiger partial charge >= 0.3 is 127 Å². The van der Waals surface area contributed by atoms with Crippen LogP contribution in [0.1, 0.15) is 26.0 Å². The molecular weight excluding hydrogens is 1150 g/mol. The van der Waals surface area contributed by atoms with E-state index in [0.29, 0.717) is 21.9 Å². The Bertz CT molecular complexity index is 2360. The minimum atomic E-state index is -5.42. The van der Waals surface area contributed by atoms with E-state index in [4.69, 9.17) is 25.9 Å². The molecule has 0 heterocycles. The van der Waals surface area contributed by atoms with Crippen LogP contribution in [0.25, 0.3) is 0 Å². The second kappa shape index (κ2) is 35.9. The number of benzene rings is 4. The average molecular weight is 1190 g/mol. The van der Waals surface area contributed by atoms with Crippen molar-refractivity contribution in [3.8, 4) is 0 Å². The van der Waals surface area contributed by atoms with Crippen LogP contribution >= 0.6 is 11.8 Å². The summed E-state index contributed by atoms with van der Waals surface area (Å²) in [7, 11) is -15.0. The van der Waals surface area contributed by atoms with Crippen LogP contribution in [0.5, 0.6) is 0 Å². The van der Waals surface area contributed by atoms with Gasteiger partial charge < -0.3 is 9.11 Å². The van der Waals surface area contributed by atoms with Crippen LogP contribution in [0.3, 0.4) is 0 Å². The maximum absolute atomic E-state index is 13.7. The maximum atomic E-state index is 13.7. The van der Waals surface area contributed by atoms with E-state index in [-0.39, 0.29) is 123 Å². The molecule has 70 heavy (non-hydrogen) atoms. The van der Waals surface area contributed by atoms with Gasteiger partial charge in [-0.15, -0.1) is 17.7 Å². The van der Waals surface area contributed by atoms with Gasteiger partial charge in [-0.25, -0.2) is 60.4 Å². The van der Waals surface area contributed by atoms with E-state index < -0.39 is 121 Å². The third-order valence-corrected chi connectivity index (χ3v) is 8.79. The van der Waals surface area contributed by atoms with Crippen LogP contribution in [-0.4, -0.2) is 73.3 Å². The molecular formula is C34H30F20K2O10S4. The summed E-state index contributed by atoms with van der Waals surface area (Å²) in [6.07, 6.45) is -8.50. The molecule has 0 aliphatic heterocycles. The van der Waals surface area contributed by atoms with Gasteiger partial charge in [0.25, 0.3) is 21.0 Å². The van der Waals surface area contributed by atoms with E-state index in [1.807, 2.05) is 9.88 Å². The van der Waals surface area contributed by atoms with E-state index in [1.54, 1.807) is 0 Å². The minimum Gasteiger partial charge on any atom is -0.722 e. The summed E-state index contributed by atoms with van der Waals surface area (Å²) in [5.74, 6) is -11.6. The van der Waals surface area contributed by atoms with Crippen LogP contribution in [0.15, 0.2) is 105 Å². The molecule has 36 heteroatoms. The van der Waals surface area contributed by atoms with Crippen LogP contribution in [0.2, 0.25) is 0 Å². The predicted octanol–water partition coefficient (Wildman–Crippen LogP) is 6.05. The van der Waals surface area contributed by atoms with E-state index in [0.717, 1.165) is 54.2 Å². The molecule has 4 aromatic rings. The number of sulfone groups is 1. The van der Waals surface area contributed by atoms with Crippen molar-refractivity contribution in [3.05, 3.63) is 119 Å². The molecule has 0 aliphatic carbocycles. The first-order valence-corrected chi connectivity index (χ1v) is 20.5. The molecule has 0 unspecified atom stereocenters. The number of hydrogen-bond donors (Lipinski definition) is 0. The fourth-order valence-corrected chi connectivity index (χ4v) is 5.50. The van der Waals surface area contributed by atoms with Crippen molar-refractivity contribution in [3.63, 3.8) is 0 Å². The largest absolute Gasteiger partial charge is 1.00 e. The second-order valence-corrected chi connectivity index (χ2v) is 15.6. The molecule has 0 saturated heterocycles. The molecule has 0 radical (unpaired) electrons. The van der Waals surface area contributed by atoms with Crippen molar-refractivity contribution in [2.45, 2.75) is 58.5 Å². The number of hydrogen-bond acceptors (Lipinski definition) is 11. The summed E-state index contributed by atoms with van der Waals surface area (Å²) in [6, 6.07) is 13.9.